The molecule has 13 heavy (non-hydrogen) atoms. The Bertz CT molecular complexity index is 164. The number of hydrogen-bond donors (Lipinski definition) is 2. The molecule has 1 fully saturated rings. The Kier molecular flexibility index (Phi) is 4.18. The van der Waals surface area contributed by atoms with Crippen molar-refractivity contribution in [2.24, 2.45) is 0 Å². The quantitative estimate of drug-likeness (QED) is 0.680. The van der Waals surface area contributed by atoms with Gasteiger partial charge >= 0.3 is 5.97 Å². The first-order chi connectivity index (χ1) is 6.20. The van der Waals surface area contributed by atoms with Crippen molar-refractivity contribution in [2.75, 3.05) is 13.2 Å². The molecule has 0 saturated carbocycles. The zero-order valence-electron chi connectivity index (χ0n) is 7.95. The number of carbonyl (C=O) groups is 1. The van der Waals surface area contributed by atoms with Crippen molar-refractivity contribution < 1.29 is 14.6 Å². The molecule has 2 unspecified atom stereocenters. The minimum absolute atomic E-state index is 0.300. The standard InChI is InChI=1S/C9H17NO3/c1-7(9(11)12)10-8-3-2-5-13-6-4-8/h7-8,10H,2-6H2,1H3,(H,11,12). The summed E-state index contributed by atoms with van der Waals surface area (Å²) >= 11 is 0. The lowest BCUT2D eigenvalue weighted by atomic mass is 10.1. The number of nitrogens with one attached hydrogen (secondary N) is 1. The van der Waals surface area contributed by atoms with Gasteiger partial charge in [-0.25, -0.2) is 0 Å². The van der Waals surface area contributed by atoms with Gasteiger partial charge in [0, 0.05) is 19.3 Å². The fraction of sp³-hybridized carbons (Fsp3) is 0.889. The number of rotatable bonds is 3. The molecule has 76 valence electrons. The first kappa shape index (κ1) is 10.5. The lowest BCUT2D eigenvalue weighted by Gasteiger charge is -2.18. The summed E-state index contributed by atoms with van der Waals surface area (Å²) in [7, 11) is 0. The maximum absolute atomic E-state index is 10.6. The monoisotopic (exact) mass is 187 g/mol. The van der Waals surface area contributed by atoms with Crippen LogP contribution in [-0.2, 0) is 9.53 Å². The van der Waals surface area contributed by atoms with Crippen LogP contribution in [0.15, 0.2) is 0 Å². The van der Waals surface area contributed by atoms with Crippen molar-refractivity contribution in [1.29, 1.82) is 0 Å². The summed E-state index contributed by atoms with van der Waals surface area (Å²) in [6.07, 6.45) is 2.94. The van der Waals surface area contributed by atoms with E-state index in [1.54, 1.807) is 6.92 Å². The third kappa shape index (κ3) is 3.74. The summed E-state index contributed by atoms with van der Waals surface area (Å²) in [5, 5.41) is 11.8. The predicted octanol–water partition coefficient (Wildman–Crippen LogP) is 0.618. The Labute approximate surface area is 78.3 Å². The second-order valence-corrected chi connectivity index (χ2v) is 3.47. The fourth-order valence-corrected chi connectivity index (χ4v) is 1.50. The molecule has 0 amide bonds. The average Bonchev–Trinajstić information content (AvgIpc) is 2.32. The highest BCUT2D eigenvalue weighted by Crippen LogP contribution is 2.08. The Morgan fingerprint density at radius 1 is 1.54 bits per heavy atom. The molecular weight excluding hydrogens is 170 g/mol. The van der Waals surface area contributed by atoms with Crippen LogP contribution in [0.3, 0.4) is 0 Å². The van der Waals surface area contributed by atoms with Crippen LogP contribution in [0.25, 0.3) is 0 Å². The number of ether oxygens (including phenoxy) is 1. The highest BCUT2D eigenvalue weighted by molar-refractivity contribution is 5.72. The largest absolute Gasteiger partial charge is 0.480 e. The minimum Gasteiger partial charge on any atom is -0.480 e. The van der Waals surface area contributed by atoms with Crippen LogP contribution in [-0.4, -0.2) is 36.4 Å². The summed E-state index contributed by atoms with van der Waals surface area (Å²) in [6, 6.07) is -0.156. The van der Waals surface area contributed by atoms with E-state index < -0.39 is 12.0 Å². The van der Waals surface area contributed by atoms with Crippen molar-refractivity contribution in [3.63, 3.8) is 0 Å². The smallest absolute Gasteiger partial charge is 0.320 e. The van der Waals surface area contributed by atoms with Crippen LogP contribution in [0.1, 0.15) is 26.2 Å². The SMILES string of the molecule is CC(NC1CCCOCC1)C(=O)O. The van der Waals surface area contributed by atoms with Gasteiger partial charge < -0.3 is 15.2 Å². The molecule has 0 bridgehead atoms. The third-order valence-corrected chi connectivity index (χ3v) is 2.31. The van der Waals surface area contributed by atoms with E-state index in [4.69, 9.17) is 9.84 Å². The first-order valence-electron chi connectivity index (χ1n) is 4.76. The molecule has 0 aromatic rings. The van der Waals surface area contributed by atoms with Crippen molar-refractivity contribution in [3.8, 4) is 0 Å². The van der Waals surface area contributed by atoms with Crippen LogP contribution in [0.2, 0.25) is 0 Å². The molecule has 2 atom stereocenters. The second-order valence-electron chi connectivity index (χ2n) is 3.47. The number of carboxylic acids is 1. The number of hydrogen-bond acceptors (Lipinski definition) is 3. The molecule has 1 heterocycles. The van der Waals surface area contributed by atoms with Crippen LogP contribution >= 0.6 is 0 Å². The van der Waals surface area contributed by atoms with Gasteiger partial charge in [0.2, 0.25) is 0 Å². The van der Waals surface area contributed by atoms with Gasteiger partial charge in [-0.2, -0.15) is 0 Å². The van der Waals surface area contributed by atoms with Crippen LogP contribution in [0.5, 0.6) is 0 Å². The summed E-state index contributed by atoms with van der Waals surface area (Å²) < 4.78 is 5.28. The normalized spacial score (nSPS) is 26.4. The van der Waals surface area contributed by atoms with Crippen molar-refractivity contribution >= 4 is 5.97 Å². The van der Waals surface area contributed by atoms with Gasteiger partial charge in [0.1, 0.15) is 6.04 Å². The van der Waals surface area contributed by atoms with Crippen molar-refractivity contribution in [3.05, 3.63) is 0 Å². The van der Waals surface area contributed by atoms with Crippen molar-refractivity contribution in [1.82, 2.24) is 5.32 Å². The highest BCUT2D eigenvalue weighted by atomic mass is 16.5. The molecule has 1 rings (SSSR count). The summed E-state index contributed by atoms with van der Waals surface area (Å²) in [6.45, 7) is 3.22. The van der Waals surface area contributed by atoms with E-state index in [2.05, 4.69) is 5.32 Å². The van der Waals surface area contributed by atoms with E-state index in [-0.39, 0.29) is 0 Å². The molecule has 0 spiro atoms. The van der Waals surface area contributed by atoms with Gasteiger partial charge in [-0.1, -0.05) is 0 Å². The summed E-state index contributed by atoms with van der Waals surface area (Å²) in [4.78, 5) is 10.6. The second kappa shape index (κ2) is 5.19. The van der Waals surface area contributed by atoms with Crippen LogP contribution in [0, 0.1) is 0 Å². The van der Waals surface area contributed by atoms with E-state index >= 15 is 0 Å². The molecule has 0 aromatic heterocycles. The van der Waals surface area contributed by atoms with E-state index in [0.717, 1.165) is 32.5 Å². The predicted molar refractivity (Wildman–Crippen MR) is 48.7 cm³/mol. The molecule has 1 aliphatic heterocycles. The lowest BCUT2D eigenvalue weighted by molar-refractivity contribution is -0.139. The zero-order valence-corrected chi connectivity index (χ0v) is 7.95. The lowest BCUT2D eigenvalue weighted by Crippen LogP contribution is -2.41. The molecule has 1 aliphatic rings. The number of carboxylic acid groups (broad SMARTS) is 1. The van der Waals surface area contributed by atoms with E-state index in [1.807, 2.05) is 0 Å². The van der Waals surface area contributed by atoms with Gasteiger partial charge in [0.05, 0.1) is 0 Å². The van der Waals surface area contributed by atoms with Gasteiger partial charge in [-0.05, 0) is 26.2 Å². The Morgan fingerprint density at radius 2 is 2.31 bits per heavy atom. The third-order valence-electron chi connectivity index (χ3n) is 2.31. The van der Waals surface area contributed by atoms with Gasteiger partial charge in [0.25, 0.3) is 0 Å². The Balaban J connectivity index is 2.29. The molecule has 4 nitrogen and oxygen atoms in total. The maximum atomic E-state index is 10.6. The summed E-state index contributed by atoms with van der Waals surface area (Å²) in [5.74, 6) is -0.787. The van der Waals surface area contributed by atoms with Crippen molar-refractivity contribution in [2.45, 2.75) is 38.3 Å². The zero-order chi connectivity index (χ0) is 9.68. The molecule has 1 saturated heterocycles. The molecular formula is C9H17NO3. The molecule has 2 N–H and O–H groups in total. The maximum Gasteiger partial charge on any atom is 0.320 e. The minimum atomic E-state index is -0.787. The van der Waals surface area contributed by atoms with Gasteiger partial charge in [-0.15, -0.1) is 0 Å². The summed E-state index contributed by atoms with van der Waals surface area (Å²) in [5.41, 5.74) is 0. The van der Waals surface area contributed by atoms with E-state index in [9.17, 15) is 4.79 Å². The molecule has 0 aromatic carbocycles. The van der Waals surface area contributed by atoms with Gasteiger partial charge in [0.15, 0.2) is 0 Å². The average molecular weight is 187 g/mol. The van der Waals surface area contributed by atoms with E-state index in [1.165, 1.54) is 0 Å². The van der Waals surface area contributed by atoms with E-state index in [0.29, 0.717) is 6.04 Å². The highest BCUT2D eigenvalue weighted by Gasteiger charge is 2.17. The Hall–Kier alpha value is -0.610. The van der Waals surface area contributed by atoms with Crippen LogP contribution in [0.4, 0.5) is 0 Å². The fourth-order valence-electron chi connectivity index (χ4n) is 1.50. The number of aliphatic carboxylic acids is 1. The molecule has 4 heteroatoms. The Morgan fingerprint density at radius 3 is 3.00 bits per heavy atom. The van der Waals surface area contributed by atoms with Crippen LogP contribution < -0.4 is 5.32 Å². The molecule has 0 radical (unpaired) electrons. The van der Waals surface area contributed by atoms with Gasteiger partial charge in [-0.3, -0.25) is 4.79 Å². The first-order valence-corrected chi connectivity index (χ1v) is 4.76. The molecule has 0 aliphatic carbocycles. The topological polar surface area (TPSA) is 58.6 Å².